The van der Waals surface area contributed by atoms with Crippen molar-refractivity contribution in [3.8, 4) is 11.5 Å². The number of aryl methyl sites for hydroxylation is 1. The Balaban J connectivity index is 1.94. The smallest absolute Gasteiger partial charge is 0.262 e. The van der Waals surface area contributed by atoms with Crippen LogP contribution in [-0.2, 0) is 6.42 Å². The van der Waals surface area contributed by atoms with E-state index < -0.39 is 0 Å². The van der Waals surface area contributed by atoms with E-state index in [9.17, 15) is 4.79 Å². The Morgan fingerprint density at radius 1 is 1.33 bits per heavy atom. The Morgan fingerprint density at radius 2 is 2.04 bits per heavy atom. The molecule has 6 heteroatoms. The first-order valence-electron chi connectivity index (χ1n) is 8.17. The summed E-state index contributed by atoms with van der Waals surface area (Å²) in [6.07, 6.45) is 2.60. The number of carbonyl (C=O) groups is 1. The number of hydrogen-bond acceptors (Lipinski definition) is 5. The number of likely N-dealkylation sites (tertiary alicyclic amines) is 1. The summed E-state index contributed by atoms with van der Waals surface area (Å²) in [4.78, 5) is 15.0. The molecule has 0 saturated carbocycles. The molecule has 1 unspecified atom stereocenters. The normalized spacial score (nSPS) is 17.1. The molecule has 24 heavy (non-hydrogen) atoms. The van der Waals surface area contributed by atoms with Gasteiger partial charge < -0.3 is 18.9 Å². The lowest BCUT2D eigenvalue weighted by Gasteiger charge is -2.24. The molecule has 0 radical (unpaired) electrons. The Kier molecular flexibility index (Phi) is 4.74. The van der Waals surface area contributed by atoms with Crippen LogP contribution in [0.5, 0.6) is 11.5 Å². The summed E-state index contributed by atoms with van der Waals surface area (Å²) in [5, 5.41) is 4.05. The molecule has 0 bridgehead atoms. The predicted molar refractivity (Wildman–Crippen MR) is 88.4 cm³/mol. The molecule has 1 fully saturated rings. The highest BCUT2D eigenvalue weighted by Crippen LogP contribution is 2.37. The van der Waals surface area contributed by atoms with Gasteiger partial charge in [0.1, 0.15) is 17.1 Å². The topological polar surface area (TPSA) is 64.8 Å². The van der Waals surface area contributed by atoms with Gasteiger partial charge in [-0.25, -0.2) is 0 Å². The van der Waals surface area contributed by atoms with E-state index in [4.69, 9.17) is 14.0 Å². The molecule has 1 saturated heterocycles. The molecule has 0 spiro atoms. The first-order valence-corrected chi connectivity index (χ1v) is 8.17. The zero-order valence-corrected chi connectivity index (χ0v) is 14.2. The lowest BCUT2D eigenvalue weighted by Crippen LogP contribution is -2.31. The molecule has 0 aliphatic carbocycles. The average molecular weight is 330 g/mol. The van der Waals surface area contributed by atoms with Crippen molar-refractivity contribution >= 4 is 5.91 Å². The number of aromatic nitrogens is 1. The van der Waals surface area contributed by atoms with Crippen molar-refractivity contribution in [2.75, 3.05) is 20.8 Å². The molecule has 1 amide bonds. The van der Waals surface area contributed by atoms with E-state index in [0.29, 0.717) is 23.6 Å². The van der Waals surface area contributed by atoms with Crippen LogP contribution < -0.4 is 9.47 Å². The monoisotopic (exact) mass is 330 g/mol. The Hall–Kier alpha value is -2.50. The molecular formula is C18H22N2O4. The van der Waals surface area contributed by atoms with Crippen LogP contribution in [0, 0.1) is 0 Å². The fourth-order valence-electron chi connectivity index (χ4n) is 3.16. The molecule has 3 rings (SSSR count). The maximum atomic E-state index is 13.2. The number of carbonyl (C=O) groups excluding carboxylic acids is 1. The second kappa shape index (κ2) is 6.95. The van der Waals surface area contributed by atoms with Gasteiger partial charge in [0, 0.05) is 12.6 Å². The van der Waals surface area contributed by atoms with Crippen LogP contribution >= 0.6 is 0 Å². The first kappa shape index (κ1) is 16.4. The van der Waals surface area contributed by atoms with Crippen LogP contribution in [-0.4, -0.2) is 36.7 Å². The van der Waals surface area contributed by atoms with Gasteiger partial charge in [-0.1, -0.05) is 18.1 Å². The maximum absolute atomic E-state index is 13.2. The lowest BCUT2D eigenvalue weighted by molar-refractivity contribution is 0.0707. The fraction of sp³-hybridized carbons (Fsp3) is 0.444. The van der Waals surface area contributed by atoms with Crippen molar-refractivity contribution in [3.05, 3.63) is 41.3 Å². The molecule has 1 aliphatic heterocycles. The number of methoxy groups -OCH3 is 2. The Bertz CT molecular complexity index is 703. The summed E-state index contributed by atoms with van der Waals surface area (Å²) < 4.78 is 16.2. The second-order valence-electron chi connectivity index (χ2n) is 5.77. The molecule has 128 valence electrons. The van der Waals surface area contributed by atoms with Crippen LogP contribution in [0.15, 0.2) is 28.8 Å². The molecule has 2 aromatic rings. The second-order valence-corrected chi connectivity index (χ2v) is 5.77. The van der Waals surface area contributed by atoms with E-state index in [-0.39, 0.29) is 11.9 Å². The van der Waals surface area contributed by atoms with Crippen LogP contribution in [0.25, 0.3) is 0 Å². The fourth-order valence-corrected chi connectivity index (χ4v) is 3.16. The zero-order valence-electron chi connectivity index (χ0n) is 14.2. The highest BCUT2D eigenvalue weighted by atomic mass is 16.5. The summed E-state index contributed by atoms with van der Waals surface area (Å²) >= 11 is 0. The summed E-state index contributed by atoms with van der Waals surface area (Å²) in [7, 11) is 3.11. The third-order valence-corrected chi connectivity index (χ3v) is 4.42. The van der Waals surface area contributed by atoms with E-state index in [1.54, 1.807) is 32.4 Å². The van der Waals surface area contributed by atoms with Crippen LogP contribution in [0.1, 0.15) is 47.6 Å². The molecule has 1 aromatic heterocycles. The van der Waals surface area contributed by atoms with Crippen LogP contribution in [0.2, 0.25) is 0 Å². The van der Waals surface area contributed by atoms with Crippen LogP contribution in [0.3, 0.4) is 0 Å². The number of nitrogens with zero attached hydrogens (tertiary/aromatic N) is 2. The molecule has 6 nitrogen and oxygen atoms in total. The SMILES string of the molecule is CCc1cc(C2CCCN2C(=O)c2c(OC)cccc2OC)on1. The van der Waals surface area contributed by atoms with E-state index in [0.717, 1.165) is 30.7 Å². The minimum atomic E-state index is -0.110. The molecule has 1 atom stereocenters. The average Bonchev–Trinajstić information content (AvgIpc) is 3.28. The van der Waals surface area contributed by atoms with Gasteiger partial charge in [0.15, 0.2) is 5.76 Å². The minimum absolute atomic E-state index is 0.0973. The number of amides is 1. The van der Waals surface area contributed by atoms with Gasteiger partial charge in [-0.05, 0) is 31.4 Å². The predicted octanol–water partition coefficient (Wildman–Crippen LogP) is 3.23. The summed E-state index contributed by atoms with van der Waals surface area (Å²) in [6.45, 7) is 2.70. The van der Waals surface area contributed by atoms with Gasteiger partial charge in [-0.15, -0.1) is 0 Å². The maximum Gasteiger partial charge on any atom is 0.262 e. The van der Waals surface area contributed by atoms with Crippen molar-refractivity contribution in [2.45, 2.75) is 32.2 Å². The lowest BCUT2D eigenvalue weighted by atomic mass is 10.1. The number of hydrogen-bond donors (Lipinski definition) is 0. The van der Waals surface area contributed by atoms with Gasteiger partial charge in [-0.2, -0.15) is 0 Å². The van der Waals surface area contributed by atoms with Gasteiger partial charge >= 0.3 is 0 Å². The standard InChI is InChI=1S/C18H22N2O4/c1-4-12-11-16(24-19-12)13-7-6-10-20(13)18(21)17-14(22-2)8-5-9-15(17)23-3/h5,8-9,11,13H,4,6-7,10H2,1-3H3. The van der Waals surface area contributed by atoms with Gasteiger partial charge in [0.05, 0.1) is 26.0 Å². The molecular weight excluding hydrogens is 308 g/mol. The molecule has 1 aromatic carbocycles. The minimum Gasteiger partial charge on any atom is -0.496 e. The summed E-state index contributed by atoms with van der Waals surface area (Å²) in [5.74, 6) is 1.65. The Morgan fingerprint density at radius 3 is 2.62 bits per heavy atom. The highest BCUT2D eigenvalue weighted by Gasteiger charge is 2.35. The molecule has 0 N–H and O–H groups in total. The van der Waals surface area contributed by atoms with E-state index in [1.807, 2.05) is 17.9 Å². The Labute approximate surface area is 141 Å². The number of rotatable bonds is 5. The zero-order chi connectivity index (χ0) is 17.1. The van der Waals surface area contributed by atoms with Crippen molar-refractivity contribution in [3.63, 3.8) is 0 Å². The number of ether oxygens (including phenoxy) is 2. The van der Waals surface area contributed by atoms with E-state index >= 15 is 0 Å². The third kappa shape index (κ3) is 2.84. The van der Waals surface area contributed by atoms with Gasteiger partial charge in [-0.3, -0.25) is 4.79 Å². The third-order valence-electron chi connectivity index (χ3n) is 4.42. The van der Waals surface area contributed by atoms with Gasteiger partial charge in [0.25, 0.3) is 5.91 Å². The van der Waals surface area contributed by atoms with Gasteiger partial charge in [0.2, 0.25) is 0 Å². The van der Waals surface area contributed by atoms with Crippen molar-refractivity contribution in [1.29, 1.82) is 0 Å². The number of benzene rings is 1. The van der Waals surface area contributed by atoms with E-state index in [1.165, 1.54) is 0 Å². The summed E-state index contributed by atoms with van der Waals surface area (Å²) in [5.41, 5.74) is 1.35. The largest absolute Gasteiger partial charge is 0.496 e. The van der Waals surface area contributed by atoms with E-state index in [2.05, 4.69) is 5.16 Å². The van der Waals surface area contributed by atoms with Crippen LogP contribution in [0.4, 0.5) is 0 Å². The quantitative estimate of drug-likeness (QED) is 0.842. The van der Waals surface area contributed by atoms with Crippen molar-refractivity contribution < 1.29 is 18.8 Å². The highest BCUT2D eigenvalue weighted by molar-refractivity contribution is 6.00. The van der Waals surface area contributed by atoms with Crippen molar-refractivity contribution in [1.82, 2.24) is 10.1 Å². The molecule has 1 aliphatic rings. The molecule has 2 heterocycles. The first-order chi connectivity index (χ1) is 11.7. The van der Waals surface area contributed by atoms with Crippen molar-refractivity contribution in [2.24, 2.45) is 0 Å². The summed E-state index contributed by atoms with van der Waals surface area (Å²) in [6, 6.07) is 7.18.